The molecule has 1 saturated heterocycles. The third-order valence-corrected chi connectivity index (χ3v) is 4.60. The van der Waals surface area contributed by atoms with Crippen molar-refractivity contribution in [1.29, 1.82) is 0 Å². The molecule has 0 atom stereocenters. The molecule has 2 fully saturated rings. The summed E-state index contributed by atoms with van der Waals surface area (Å²) in [7, 11) is 0. The van der Waals surface area contributed by atoms with E-state index in [1.54, 1.807) is 0 Å². The van der Waals surface area contributed by atoms with Crippen LogP contribution in [0.15, 0.2) is 0 Å². The van der Waals surface area contributed by atoms with E-state index in [0.29, 0.717) is 6.54 Å². The molecule has 0 spiro atoms. The van der Waals surface area contributed by atoms with E-state index >= 15 is 0 Å². The zero-order chi connectivity index (χ0) is 12.3. The number of hydrogen-bond donors (Lipinski definition) is 2. The van der Waals surface area contributed by atoms with Gasteiger partial charge in [0.2, 0.25) is 5.91 Å². The molecule has 96 valence electrons. The lowest BCUT2D eigenvalue weighted by Gasteiger charge is -2.34. The number of nitrogens with one attached hydrogen (secondary N) is 1. The van der Waals surface area contributed by atoms with Crippen LogP contribution < -0.4 is 5.32 Å². The molecule has 3 amide bonds. The molecule has 2 aliphatic rings. The van der Waals surface area contributed by atoms with Gasteiger partial charge in [0.1, 0.15) is 0 Å². The minimum absolute atomic E-state index is 0.0386. The zero-order valence-electron chi connectivity index (χ0n) is 10.1. The second kappa shape index (κ2) is 5.29. The van der Waals surface area contributed by atoms with Crippen LogP contribution in [-0.2, 0) is 4.79 Å². The van der Waals surface area contributed by atoms with Gasteiger partial charge in [0.05, 0.1) is 6.54 Å². The maximum absolute atomic E-state index is 11.6. The smallest absolute Gasteiger partial charge is 0.324 e. The van der Waals surface area contributed by atoms with Crippen molar-refractivity contribution in [3.05, 3.63) is 0 Å². The lowest BCUT2D eigenvalue weighted by atomic mass is 9.81. The molecule has 1 aliphatic carbocycles. The van der Waals surface area contributed by atoms with E-state index in [1.165, 1.54) is 30.6 Å². The van der Waals surface area contributed by atoms with Gasteiger partial charge in [-0.1, -0.05) is 25.7 Å². The maximum Gasteiger partial charge on any atom is 0.324 e. The van der Waals surface area contributed by atoms with Crippen molar-refractivity contribution < 1.29 is 9.59 Å². The second-order valence-corrected chi connectivity index (χ2v) is 5.53. The average Bonchev–Trinajstić information content (AvgIpc) is 2.58. The van der Waals surface area contributed by atoms with Gasteiger partial charge in [-0.3, -0.25) is 9.69 Å². The highest BCUT2D eigenvalue weighted by atomic mass is 32.1. The first-order valence-corrected chi connectivity index (χ1v) is 6.99. The lowest BCUT2D eigenvalue weighted by molar-refractivity contribution is -0.126. The number of nitrogens with zero attached hydrogens (tertiary/aromatic N) is 1. The molecule has 1 saturated carbocycles. The molecule has 1 aliphatic heterocycles. The molecule has 0 unspecified atom stereocenters. The first kappa shape index (κ1) is 12.7. The number of thiol groups is 1. The predicted octanol–water partition coefficient (Wildman–Crippen LogP) is 1.81. The lowest BCUT2D eigenvalue weighted by Crippen LogP contribution is -2.42. The van der Waals surface area contributed by atoms with E-state index < -0.39 is 0 Å². The summed E-state index contributed by atoms with van der Waals surface area (Å²) in [5.74, 6) is 0.657. The standard InChI is InChI=1S/C12H20N2O2S/c15-10-7-13-11(16)14(10)8-12(9-17)5-3-1-2-4-6-12/h17H,1-9H2,(H,13,16). The highest BCUT2D eigenvalue weighted by Gasteiger charge is 2.38. The van der Waals surface area contributed by atoms with Crippen molar-refractivity contribution in [1.82, 2.24) is 10.2 Å². The highest BCUT2D eigenvalue weighted by molar-refractivity contribution is 7.80. The summed E-state index contributed by atoms with van der Waals surface area (Å²) in [6.07, 6.45) is 7.04. The summed E-state index contributed by atoms with van der Waals surface area (Å²) >= 11 is 4.46. The minimum Gasteiger partial charge on any atom is -0.329 e. The Labute approximate surface area is 108 Å². The summed E-state index contributed by atoms with van der Waals surface area (Å²) in [4.78, 5) is 24.6. The first-order valence-electron chi connectivity index (χ1n) is 6.36. The van der Waals surface area contributed by atoms with E-state index in [1.807, 2.05) is 0 Å². The Morgan fingerprint density at radius 3 is 2.29 bits per heavy atom. The molecule has 1 N–H and O–H groups in total. The summed E-state index contributed by atoms with van der Waals surface area (Å²) in [6, 6.07) is -0.236. The Balaban J connectivity index is 2.07. The molecule has 0 radical (unpaired) electrons. The predicted molar refractivity (Wildman–Crippen MR) is 69.1 cm³/mol. The van der Waals surface area contributed by atoms with Crippen LogP contribution in [0.4, 0.5) is 4.79 Å². The van der Waals surface area contributed by atoms with E-state index in [-0.39, 0.29) is 23.9 Å². The molecule has 0 aromatic carbocycles. The van der Waals surface area contributed by atoms with Crippen LogP contribution in [0.2, 0.25) is 0 Å². The van der Waals surface area contributed by atoms with Gasteiger partial charge >= 0.3 is 6.03 Å². The van der Waals surface area contributed by atoms with E-state index in [9.17, 15) is 9.59 Å². The first-order chi connectivity index (χ1) is 8.17. The Kier molecular flexibility index (Phi) is 3.97. The zero-order valence-corrected chi connectivity index (χ0v) is 11.0. The van der Waals surface area contributed by atoms with Crippen LogP contribution in [0, 0.1) is 5.41 Å². The van der Waals surface area contributed by atoms with Gasteiger partial charge in [0, 0.05) is 6.54 Å². The number of imide groups is 1. The van der Waals surface area contributed by atoms with Crippen molar-refractivity contribution in [2.75, 3.05) is 18.8 Å². The normalized spacial score (nSPS) is 24.6. The SMILES string of the molecule is O=C1CNC(=O)N1CC1(CS)CCCCCC1. The van der Waals surface area contributed by atoms with Gasteiger partial charge in [0.25, 0.3) is 0 Å². The van der Waals surface area contributed by atoms with E-state index in [0.717, 1.165) is 18.6 Å². The Hall–Kier alpha value is -0.710. The molecule has 1 heterocycles. The van der Waals surface area contributed by atoms with E-state index in [4.69, 9.17) is 0 Å². The number of amides is 3. The maximum atomic E-state index is 11.6. The minimum atomic E-state index is -0.236. The summed E-state index contributed by atoms with van der Waals surface area (Å²) in [6.45, 7) is 0.697. The fourth-order valence-corrected chi connectivity index (χ4v) is 3.21. The summed E-state index contributed by atoms with van der Waals surface area (Å²) < 4.78 is 0. The van der Waals surface area contributed by atoms with Gasteiger partial charge in [-0.05, 0) is 24.0 Å². The van der Waals surface area contributed by atoms with Gasteiger partial charge in [-0.15, -0.1) is 0 Å². The van der Waals surface area contributed by atoms with Crippen molar-refractivity contribution >= 4 is 24.6 Å². The number of rotatable bonds is 3. The largest absolute Gasteiger partial charge is 0.329 e. The van der Waals surface area contributed by atoms with Crippen LogP contribution in [0.1, 0.15) is 38.5 Å². The van der Waals surface area contributed by atoms with Crippen LogP contribution in [-0.4, -0.2) is 35.7 Å². The Morgan fingerprint density at radius 1 is 1.18 bits per heavy atom. The molecule has 0 bridgehead atoms. The van der Waals surface area contributed by atoms with Crippen molar-refractivity contribution in [2.45, 2.75) is 38.5 Å². The van der Waals surface area contributed by atoms with Gasteiger partial charge in [-0.2, -0.15) is 12.6 Å². The van der Waals surface area contributed by atoms with Gasteiger partial charge in [0.15, 0.2) is 0 Å². The van der Waals surface area contributed by atoms with Gasteiger partial charge < -0.3 is 5.32 Å². The van der Waals surface area contributed by atoms with Crippen LogP contribution in [0.25, 0.3) is 0 Å². The molecule has 0 aromatic rings. The van der Waals surface area contributed by atoms with Crippen molar-refractivity contribution in [2.24, 2.45) is 5.41 Å². The molecule has 4 nitrogen and oxygen atoms in total. The summed E-state index contributed by atoms with van der Waals surface area (Å²) in [5, 5.41) is 2.58. The second-order valence-electron chi connectivity index (χ2n) is 5.21. The van der Waals surface area contributed by atoms with Crippen molar-refractivity contribution in [3.63, 3.8) is 0 Å². The Morgan fingerprint density at radius 2 is 1.82 bits per heavy atom. The molecular formula is C12H20N2O2S. The number of carbonyl (C=O) groups excluding carboxylic acids is 2. The third-order valence-electron chi connectivity index (χ3n) is 3.93. The average molecular weight is 256 g/mol. The van der Waals surface area contributed by atoms with Crippen LogP contribution in [0.5, 0.6) is 0 Å². The fraction of sp³-hybridized carbons (Fsp3) is 0.833. The Bertz CT molecular complexity index is 296. The molecule has 0 aromatic heterocycles. The summed E-state index contributed by atoms with van der Waals surface area (Å²) in [5.41, 5.74) is 0.0386. The number of hydrogen-bond acceptors (Lipinski definition) is 3. The topological polar surface area (TPSA) is 49.4 Å². The van der Waals surface area contributed by atoms with Gasteiger partial charge in [-0.25, -0.2) is 4.79 Å². The van der Waals surface area contributed by atoms with Crippen LogP contribution in [0.3, 0.4) is 0 Å². The molecule has 17 heavy (non-hydrogen) atoms. The monoisotopic (exact) mass is 256 g/mol. The fourth-order valence-electron chi connectivity index (χ4n) is 2.80. The molecule has 5 heteroatoms. The van der Waals surface area contributed by atoms with E-state index in [2.05, 4.69) is 17.9 Å². The number of urea groups is 1. The van der Waals surface area contributed by atoms with Crippen LogP contribution >= 0.6 is 12.6 Å². The highest BCUT2D eigenvalue weighted by Crippen LogP contribution is 2.37. The quantitative estimate of drug-likeness (QED) is 0.459. The third kappa shape index (κ3) is 2.76. The van der Waals surface area contributed by atoms with Crippen molar-refractivity contribution in [3.8, 4) is 0 Å². The number of carbonyl (C=O) groups is 2. The molecular weight excluding hydrogens is 236 g/mol. The molecule has 2 rings (SSSR count).